The molecule has 1 spiro atoms. The predicted octanol–water partition coefficient (Wildman–Crippen LogP) is 9.45. The van der Waals surface area contributed by atoms with Crippen LogP contribution < -0.4 is 0 Å². The van der Waals surface area contributed by atoms with Crippen molar-refractivity contribution in [2.24, 2.45) is 17.3 Å². The first-order valence-electron chi connectivity index (χ1n) is 15.8. The van der Waals surface area contributed by atoms with E-state index in [4.69, 9.17) is 4.98 Å². The van der Waals surface area contributed by atoms with Crippen LogP contribution in [0.2, 0.25) is 0 Å². The summed E-state index contributed by atoms with van der Waals surface area (Å²) < 4.78 is 0. The third kappa shape index (κ3) is 7.19. The predicted molar refractivity (Wildman–Crippen MR) is 174 cm³/mol. The van der Waals surface area contributed by atoms with Crippen LogP contribution in [-0.2, 0) is 50.6 Å². The van der Waals surface area contributed by atoms with Crippen LogP contribution in [0.15, 0.2) is 84.6 Å². The SMILES string of the molecule is CCC(CC)C(=O)/C=C(\O)C(CC)CC.[Ir].[c-]1ccccc1-c1cc2c3c(cccc3n1)CC1(Cc3ccccc3C1)C2. The molecule has 4 heteroatoms. The minimum atomic E-state index is 0. The van der Waals surface area contributed by atoms with Crippen molar-refractivity contribution >= 4 is 16.7 Å². The van der Waals surface area contributed by atoms with E-state index in [0.29, 0.717) is 5.41 Å². The summed E-state index contributed by atoms with van der Waals surface area (Å²) in [4.78, 5) is 16.7. The summed E-state index contributed by atoms with van der Waals surface area (Å²) in [6, 6.07) is 29.5. The number of carbonyl (C=O) groups is 1. The number of pyridine rings is 1. The van der Waals surface area contributed by atoms with Crippen LogP contribution in [0.5, 0.6) is 0 Å². The zero-order chi connectivity index (χ0) is 29.7. The van der Waals surface area contributed by atoms with Crippen molar-refractivity contribution in [1.29, 1.82) is 0 Å². The van der Waals surface area contributed by atoms with Crippen LogP contribution in [0, 0.1) is 23.3 Å². The number of aliphatic hydroxyl groups excluding tert-OH is 1. The molecule has 3 aromatic carbocycles. The fourth-order valence-corrected chi connectivity index (χ4v) is 7.10. The van der Waals surface area contributed by atoms with Gasteiger partial charge >= 0.3 is 0 Å². The van der Waals surface area contributed by atoms with E-state index in [1.54, 1.807) is 11.1 Å². The third-order valence-corrected chi connectivity index (χ3v) is 9.45. The number of hydrogen-bond acceptors (Lipinski definition) is 3. The molecule has 43 heavy (non-hydrogen) atoms. The van der Waals surface area contributed by atoms with E-state index >= 15 is 0 Å². The molecule has 0 saturated heterocycles. The van der Waals surface area contributed by atoms with Crippen LogP contribution in [0.1, 0.15) is 75.6 Å². The Hall–Kier alpha value is -3.07. The van der Waals surface area contributed by atoms with Crippen LogP contribution in [0.3, 0.4) is 0 Å². The van der Waals surface area contributed by atoms with Crippen LogP contribution >= 0.6 is 0 Å². The summed E-state index contributed by atoms with van der Waals surface area (Å²) in [6.07, 6.45) is 9.58. The smallest absolute Gasteiger partial charge is 0.162 e. The Kier molecular flexibility index (Phi) is 11.2. The molecule has 3 nitrogen and oxygen atoms in total. The van der Waals surface area contributed by atoms with E-state index in [9.17, 15) is 9.90 Å². The van der Waals surface area contributed by atoms with Gasteiger partial charge in [0.2, 0.25) is 0 Å². The number of aliphatic hydroxyl groups is 1. The second-order valence-electron chi connectivity index (χ2n) is 12.2. The van der Waals surface area contributed by atoms with E-state index in [0.717, 1.165) is 55.3 Å². The van der Waals surface area contributed by atoms with Crippen molar-refractivity contribution in [3.05, 3.63) is 113 Å². The van der Waals surface area contributed by atoms with E-state index in [2.05, 4.69) is 66.7 Å². The van der Waals surface area contributed by atoms with Gasteiger partial charge in [0.25, 0.3) is 0 Å². The third-order valence-electron chi connectivity index (χ3n) is 9.45. The summed E-state index contributed by atoms with van der Waals surface area (Å²) >= 11 is 0. The Morgan fingerprint density at radius 3 is 2.00 bits per heavy atom. The van der Waals surface area contributed by atoms with E-state index in [1.807, 2.05) is 39.8 Å². The van der Waals surface area contributed by atoms with E-state index in [-0.39, 0.29) is 43.5 Å². The van der Waals surface area contributed by atoms with Gasteiger partial charge < -0.3 is 5.11 Å². The van der Waals surface area contributed by atoms with Gasteiger partial charge in [0.1, 0.15) is 0 Å². The molecule has 0 saturated carbocycles. The summed E-state index contributed by atoms with van der Waals surface area (Å²) in [5.74, 6) is 0.547. The van der Waals surface area contributed by atoms with Gasteiger partial charge in [0.05, 0.1) is 11.3 Å². The van der Waals surface area contributed by atoms with Crippen molar-refractivity contribution in [3.8, 4) is 11.3 Å². The van der Waals surface area contributed by atoms with E-state index in [1.165, 1.54) is 35.4 Å². The maximum atomic E-state index is 11.7. The standard InChI is InChI=1S/C26H20N.C13H24O2.Ir/c1-2-7-18(8-3-1)24-13-22-17-26(14-19-9-4-5-10-20(19)15-26)16-21-11-6-12-23(27-24)25(21)22;1-5-10(6-2)12(14)9-13(15)11(7-3)8-4;/h1-7,9-13H,14-17H2;9-11,14H,5-8H2,1-4H3;/q-1;;/b;12-9-;. The second kappa shape index (κ2) is 14.6. The number of allylic oxidation sites excluding steroid dienone is 2. The molecule has 0 bridgehead atoms. The van der Waals surface area contributed by atoms with Crippen LogP contribution in [0.4, 0.5) is 0 Å². The van der Waals surface area contributed by atoms with Gasteiger partial charge in [-0.15, -0.1) is 35.9 Å². The van der Waals surface area contributed by atoms with Gasteiger partial charge in [0.15, 0.2) is 5.78 Å². The monoisotopic (exact) mass is 751 g/mol. The molecule has 2 aliphatic rings. The molecule has 1 heterocycles. The molecule has 1 N–H and O–H groups in total. The van der Waals surface area contributed by atoms with E-state index < -0.39 is 0 Å². The zero-order valence-corrected chi connectivity index (χ0v) is 28.3. The number of fused-ring (bicyclic) bond motifs is 1. The molecule has 0 amide bonds. The normalized spacial score (nSPS) is 14.8. The second-order valence-corrected chi connectivity index (χ2v) is 12.2. The number of aromatic nitrogens is 1. The van der Waals surface area contributed by atoms with Gasteiger partial charge in [-0.1, -0.05) is 70.2 Å². The number of nitrogens with zero attached hydrogens (tertiary/aromatic N) is 1. The maximum Gasteiger partial charge on any atom is 0.162 e. The topological polar surface area (TPSA) is 50.2 Å². The number of benzene rings is 3. The maximum absolute atomic E-state index is 11.7. The molecule has 0 fully saturated rings. The van der Waals surface area contributed by atoms with Gasteiger partial charge in [-0.05, 0) is 90.8 Å². The largest absolute Gasteiger partial charge is 0.512 e. The zero-order valence-electron chi connectivity index (χ0n) is 26.0. The Balaban J connectivity index is 0.000000230. The molecule has 6 rings (SSSR count). The van der Waals surface area contributed by atoms with Crippen molar-refractivity contribution in [2.45, 2.75) is 79.1 Å². The molecule has 0 unspecified atom stereocenters. The average Bonchev–Trinajstić information content (AvgIpc) is 3.35. The number of hydrogen-bond donors (Lipinski definition) is 1. The molecule has 1 aromatic heterocycles. The minimum absolute atomic E-state index is 0. The summed E-state index contributed by atoms with van der Waals surface area (Å²) in [6.45, 7) is 8.07. The molecular formula is C39H44IrNO2-. The van der Waals surface area contributed by atoms with Crippen molar-refractivity contribution in [3.63, 3.8) is 0 Å². The fraction of sp³-hybridized carbons (Fsp3) is 0.385. The van der Waals surface area contributed by atoms with Gasteiger partial charge in [-0.3, -0.25) is 9.78 Å². The number of ketones is 1. The molecule has 4 aromatic rings. The average molecular weight is 751 g/mol. The Labute approximate surface area is 271 Å². The quantitative estimate of drug-likeness (QED) is 0.111. The molecular weight excluding hydrogens is 707 g/mol. The van der Waals surface area contributed by atoms with Crippen molar-refractivity contribution in [2.75, 3.05) is 0 Å². The van der Waals surface area contributed by atoms with Crippen LogP contribution in [0.25, 0.3) is 22.2 Å². The summed E-state index contributed by atoms with van der Waals surface area (Å²) in [5, 5.41) is 11.1. The number of carbonyl (C=O) groups excluding carboxylic acids is 1. The number of rotatable bonds is 8. The first-order chi connectivity index (χ1) is 20.4. The molecule has 227 valence electrons. The summed E-state index contributed by atoms with van der Waals surface area (Å²) in [7, 11) is 0. The van der Waals surface area contributed by atoms with Crippen molar-refractivity contribution in [1.82, 2.24) is 4.98 Å². The minimum Gasteiger partial charge on any atom is -0.512 e. The Morgan fingerprint density at radius 2 is 1.40 bits per heavy atom. The fourth-order valence-electron chi connectivity index (χ4n) is 7.10. The Morgan fingerprint density at radius 1 is 0.814 bits per heavy atom. The molecule has 0 atom stereocenters. The molecule has 0 aliphatic heterocycles. The van der Waals surface area contributed by atoms with Gasteiger partial charge in [-0.25, -0.2) is 0 Å². The van der Waals surface area contributed by atoms with Gasteiger partial charge in [0, 0.05) is 43.4 Å². The first-order valence-corrected chi connectivity index (χ1v) is 15.8. The molecule has 1 radical (unpaired) electrons. The van der Waals surface area contributed by atoms with Crippen molar-refractivity contribution < 1.29 is 30.0 Å². The first kappa shape index (κ1) is 32.8. The molecule has 2 aliphatic carbocycles. The van der Waals surface area contributed by atoms with Crippen LogP contribution in [-0.4, -0.2) is 15.9 Å². The Bertz CT molecular complexity index is 1540. The summed E-state index contributed by atoms with van der Waals surface area (Å²) in [5.41, 5.74) is 9.59. The van der Waals surface area contributed by atoms with Gasteiger partial charge in [-0.2, -0.15) is 0 Å².